The van der Waals surface area contributed by atoms with Crippen molar-refractivity contribution >= 4 is 17.0 Å². The zero-order valence-electron chi connectivity index (χ0n) is 11.4. The summed E-state index contributed by atoms with van der Waals surface area (Å²) < 4.78 is 0. The lowest BCUT2D eigenvalue weighted by atomic mass is 9.83. The van der Waals surface area contributed by atoms with E-state index in [9.17, 15) is 15.2 Å². The first kappa shape index (κ1) is 14.2. The molecule has 5 nitrogen and oxygen atoms in total. The molecule has 110 valence electrons. The molecule has 1 heterocycles. The second-order valence-corrected chi connectivity index (χ2v) is 6.31. The van der Waals surface area contributed by atoms with E-state index in [1.165, 1.54) is 31.4 Å². The molecule has 0 aliphatic heterocycles. The molecule has 6 heteroatoms. The van der Waals surface area contributed by atoms with E-state index in [4.69, 9.17) is 0 Å². The number of hydrogen-bond acceptors (Lipinski definition) is 5. The average Bonchev–Trinajstić information content (AvgIpc) is 2.85. The van der Waals surface area contributed by atoms with E-state index in [1.807, 2.05) is 0 Å². The zero-order chi connectivity index (χ0) is 14.8. The molecule has 1 aromatic heterocycles. The maximum atomic E-state index is 10.6. The third-order valence-corrected chi connectivity index (χ3v) is 4.84. The number of rotatable bonds is 5. The number of non-ortho nitro benzene ring substituents is 1. The molecule has 0 spiro atoms. The van der Waals surface area contributed by atoms with Gasteiger partial charge in [-0.15, -0.1) is 11.3 Å². The molecule has 1 unspecified atom stereocenters. The molecule has 21 heavy (non-hydrogen) atoms. The van der Waals surface area contributed by atoms with Gasteiger partial charge >= 0.3 is 0 Å². The van der Waals surface area contributed by atoms with Crippen LogP contribution in [0.3, 0.4) is 0 Å². The van der Waals surface area contributed by atoms with Gasteiger partial charge in [-0.2, -0.15) is 0 Å². The Morgan fingerprint density at radius 3 is 2.67 bits per heavy atom. The molecule has 0 radical (unpaired) electrons. The van der Waals surface area contributed by atoms with Crippen LogP contribution in [0.2, 0.25) is 0 Å². The fourth-order valence-electron chi connectivity index (χ4n) is 2.41. The van der Waals surface area contributed by atoms with Crippen molar-refractivity contribution in [3.8, 4) is 0 Å². The summed E-state index contributed by atoms with van der Waals surface area (Å²) in [6, 6.07) is 6.03. The van der Waals surface area contributed by atoms with Crippen LogP contribution in [-0.2, 0) is 6.42 Å². The molecule has 3 rings (SSSR count). The quantitative estimate of drug-likeness (QED) is 0.676. The van der Waals surface area contributed by atoms with Gasteiger partial charge in [0.05, 0.1) is 21.7 Å². The van der Waals surface area contributed by atoms with Crippen LogP contribution < -0.4 is 0 Å². The molecule has 1 atom stereocenters. The summed E-state index contributed by atoms with van der Waals surface area (Å²) >= 11 is 1.58. The first-order valence-electron chi connectivity index (χ1n) is 7.00. The number of aromatic nitrogens is 1. The van der Waals surface area contributed by atoms with Crippen molar-refractivity contribution in [2.45, 2.75) is 37.7 Å². The minimum Gasteiger partial charge on any atom is -0.388 e. The van der Waals surface area contributed by atoms with E-state index in [0.29, 0.717) is 17.9 Å². The van der Waals surface area contributed by atoms with E-state index >= 15 is 0 Å². The van der Waals surface area contributed by atoms with Crippen LogP contribution in [0.25, 0.3) is 0 Å². The molecule has 1 N–H and O–H groups in total. The zero-order valence-corrected chi connectivity index (χ0v) is 12.3. The van der Waals surface area contributed by atoms with Crippen LogP contribution in [0.5, 0.6) is 0 Å². The lowest BCUT2D eigenvalue weighted by Gasteiger charge is -2.23. The Hall–Kier alpha value is -1.79. The molecular weight excluding hydrogens is 288 g/mol. The van der Waals surface area contributed by atoms with Gasteiger partial charge < -0.3 is 5.11 Å². The van der Waals surface area contributed by atoms with E-state index in [2.05, 4.69) is 10.4 Å². The number of nitro groups is 1. The van der Waals surface area contributed by atoms with Crippen molar-refractivity contribution in [3.05, 3.63) is 56.0 Å². The summed E-state index contributed by atoms with van der Waals surface area (Å²) in [6.45, 7) is 0. The van der Waals surface area contributed by atoms with Crippen molar-refractivity contribution in [2.24, 2.45) is 0 Å². The van der Waals surface area contributed by atoms with E-state index in [1.54, 1.807) is 23.5 Å². The lowest BCUT2D eigenvalue weighted by molar-refractivity contribution is -0.384. The summed E-state index contributed by atoms with van der Waals surface area (Å²) in [7, 11) is 0. The summed E-state index contributed by atoms with van der Waals surface area (Å²) in [6.07, 6.45) is 3.49. The maximum Gasteiger partial charge on any atom is 0.269 e. The van der Waals surface area contributed by atoms with Crippen LogP contribution in [0, 0.1) is 10.1 Å². The first-order valence-corrected chi connectivity index (χ1v) is 7.88. The predicted molar refractivity (Wildman–Crippen MR) is 80.5 cm³/mol. The Bertz CT molecular complexity index is 635. The fourth-order valence-corrected chi connectivity index (χ4v) is 3.33. The number of nitrogens with zero attached hydrogens (tertiary/aromatic N) is 2. The van der Waals surface area contributed by atoms with E-state index in [0.717, 1.165) is 10.7 Å². The van der Waals surface area contributed by atoms with Gasteiger partial charge in [-0.25, -0.2) is 4.98 Å². The minimum absolute atomic E-state index is 0.0347. The molecule has 1 aliphatic rings. The van der Waals surface area contributed by atoms with Crippen molar-refractivity contribution in [2.75, 3.05) is 0 Å². The van der Waals surface area contributed by atoms with Gasteiger partial charge in [0.2, 0.25) is 0 Å². The van der Waals surface area contributed by atoms with Crippen LogP contribution >= 0.6 is 11.3 Å². The topological polar surface area (TPSA) is 76.3 Å². The van der Waals surface area contributed by atoms with Gasteiger partial charge in [0, 0.05) is 29.9 Å². The van der Waals surface area contributed by atoms with Gasteiger partial charge in [0.15, 0.2) is 0 Å². The van der Waals surface area contributed by atoms with Crippen molar-refractivity contribution in [1.29, 1.82) is 0 Å². The van der Waals surface area contributed by atoms with E-state index < -0.39 is 11.0 Å². The Kier molecular flexibility index (Phi) is 3.98. The smallest absolute Gasteiger partial charge is 0.269 e. The van der Waals surface area contributed by atoms with Crippen LogP contribution in [0.4, 0.5) is 5.69 Å². The standard InChI is InChI=1S/C15H16N2O3S/c18-14(11-4-6-12(7-5-11)17(19)20)8-15-16-13(9-21-15)10-2-1-3-10/h4-7,9-10,14,18H,1-3,8H2. The van der Waals surface area contributed by atoms with Gasteiger partial charge in [0.1, 0.15) is 0 Å². The largest absolute Gasteiger partial charge is 0.388 e. The van der Waals surface area contributed by atoms with Gasteiger partial charge in [-0.1, -0.05) is 6.42 Å². The van der Waals surface area contributed by atoms with Crippen LogP contribution in [0.15, 0.2) is 29.6 Å². The van der Waals surface area contributed by atoms with Crippen molar-refractivity contribution in [1.82, 2.24) is 4.98 Å². The molecule has 1 saturated carbocycles. The molecule has 0 saturated heterocycles. The third kappa shape index (κ3) is 3.11. The first-order chi connectivity index (χ1) is 10.1. The van der Waals surface area contributed by atoms with Gasteiger partial charge in [-0.3, -0.25) is 10.1 Å². The summed E-state index contributed by atoms with van der Waals surface area (Å²) in [4.78, 5) is 14.8. The maximum absolute atomic E-state index is 10.6. The summed E-state index contributed by atoms with van der Waals surface area (Å²) in [5, 5.41) is 23.8. The Balaban J connectivity index is 1.66. The number of hydrogen-bond donors (Lipinski definition) is 1. The molecular formula is C15H16N2O3S. The predicted octanol–water partition coefficient (Wildman–Crippen LogP) is 3.59. The fraction of sp³-hybridized carbons (Fsp3) is 0.400. The van der Waals surface area contributed by atoms with Gasteiger partial charge in [-0.05, 0) is 30.5 Å². The van der Waals surface area contributed by atoms with E-state index in [-0.39, 0.29) is 5.69 Å². The SMILES string of the molecule is O=[N+]([O-])c1ccc(C(O)Cc2nc(C3CCC3)cs2)cc1. The molecule has 1 fully saturated rings. The Morgan fingerprint density at radius 2 is 2.10 bits per heavy atom. The minimum atomic E-state index is -0.675. The highest BCUT2D eigenvalue weighted by molar-refractivity contribution is 7.09. The highest BCUT2D eigenvalue weighted by Gasteiger charge is 2.22. The Labute approximate surface area is 126 Å². The van der Waals surface area contributed by atoms with Crippen LogP contribution in [0.1, 0.15) is 47.5 Å². The summed E-state index contributed by atoms with van der Waals surface area (Å²) in [5.74, 6) is 0.603. The highest BCUT2D eigenvalue weighted by atomic mass is 32.1. The van der Waals surface area contributed by atoms with Crippen molar-refractivity contribution in [3.63, 3.8) is 0 Å². The third-order valence-electron chi connectivity index (χ3n) is 3.95. The number of aliphatic hydroxyl groups excluding tert-OH is 1. The second-order valence-electron chi connectivity index (χ2n) is 5.36. The Morgan fingerprint density at radius 1 is 1.38 bits per heavy atom. The molecule has 1 aromatic carbocycles. The van der Waals surface area contributed by atoms with Crippen LogP contribution in [-0.4, -0.2) is 15.0 Å². The highest BCUT2D eigenvalue weighted by Crippen LogP contribution is 2.37. The molecule has 1 aliphatic carbocycles. The van der Waals surface area contributed by atoms with Gasteiger partial charge in [0.25, 0.3) is 5.69 Å². The average molecular weight is 304 g/mol. The van der Waals surface area contributed by atoms with Crippen molar-refractivity contribution < 1.29 is 10.0 Å². The lowest BCUT2D eigenvalue weighted by Crippen LogP contribution is -2.09. The monoisotopic (exact) mass is 304 g/mol. The second kappa shape index (κ2) is 5.91. The number of nitro benzene ring substituents is 1. The molecule has 2 aromatic rings. The number of thiazole rings is 1. The molecule has 0 amide bonds. The summed E-state index contributed by atoms with van der Waals surface area (Å²) in [5.41, 5.74) is 1.87. The normalized spacial score (nSPS) is 16.4. The molecule has 0 bridgehead atoms. The number of benzene rings is 1. The number of aliphatic hydroxyl groups is 1.